The van der Waals surface area contributed by atoms with Gasteiger partial charge in [0.15, 0.2) is 0 Å². The standard InChI is InChI=1S/C13H28O2/c1-3-4-6-10-13(15)11-8-5-7-9-12(2)14/h12-15H,3-11H2,1-2H3. The summed E-state index contributed by atoms with van der Waals surface area (Å²) in [6.07, 6.45) is 9.46. The van der Waals surface area contributed by atoms with Gasteiger partial charge in [0.05, 0.1) is 12.2 Å². The molecule has 0 spiro atoms. The van der Waals surface area contributed by atoms with Crippen LogP contribution in [0, 0.1) is 0 Å². The Labute approximate surface area is 94.7 Å². The minimum atomic E-state index is -0.167. The van der Waals surface area contributed by atoms with Gasteiger partial charge in [-0.2, -0.15) is 0 Å². The molecule has 0 aromatic rings. The van der Waals surface area contributed by atoms with Crippen molar-refractivity contribution in [3.63, 3.8) is 0 Å². The molecule has 0 aliphatic heterocycles. The van der Waals surface area contributed by atoms with E-state index in [2.05, 4.69) is 6.92 Å². The summed E-state index contributed by atoms with van der Waals surface area (Å²) in [7, 11) is 0. The van der Waals surface area contributed by atoms with Crippen LogP contribution < -0.4 is 0 Å². The summed E-state index contributed by atoms with van der Waals surface area (Å²) >= 11 is 0. The highest BCUT2D eigenvalue weighted by Crippen LogP contribution is 2.11. The summed E-state index contributed by atoms with van der Waals surface area (Å²) in [5.74, 6) is 0. The average Bonchev–Trinajstić information content (AvgIpc) is 2.17. The topological polar surface area (TPSA) is 40.5 Å². The molecule has 0 rings (SSSR count). The third-order valence-corrected chi connectivity index (χ3v) is 2.80. The summed E-state index contributed by atoms with van der Waals surface area (Å²) < 4.78 is 0. The van der Waals surface area contributed by atoms with Crippen molar-refractivity contribution in [1.29, 1.82) is 0 Å². The predicted octanol–water partition coefficient (Wildman–Crippen LogP) is 3.26. The Kier molecular flexibility index (Phi) is 10.4. The molecule has 2 N–H and O–H groups in total. The Hall–Kier alpha value is -0.0800. The Morgan fingerprint density at radius 3 is 1.87 bits per heavy atom. The fraction of sp³-hybridized carbons (Fsp3) is 1.00. The molecule has 0 heterocycles. The molecule has 0 bridgehead atoms. The summed E-state index contributed by atoms with van der Waals surface area (Å²) in [5, 5.41) is 18.7. The Bertz CT molecular complexity index is 124. The second-order valence-electron chi connectivity index (χ2n) is 4.64. The minimum absolute atomic E-state index is 0.0944. The number of rotatable bonds is 10. The quantitative estimate of drug-likeness (QED) is 0.550. The second kappa shape index (κ2) is 10.4. The van der Waals surface area contributed by atoms with Crippen LogP contribution in [0.25, 0.3) is 0 Å². The first-order valence-corrected chi connectivity index (χ1v) is 6.53. The third kappa shape index (κ3) is 11.8. The first-order chi connectivity index (χ1) is 7.16. The van der Waals surface area contributed by atoms with Crippen molar-refractivity contribution >= 4 is 0 Å². The van der Waals surface area contributed by atoms with Crippen molar-refractivity contribution in [2.45, 2.75) is 83.8 Å². The van der Waals surface area contributed by atoms with E-state index < -0.39 is 0 Å². The molecule has 2 nitrogen and oxygen atoms in total. The molecule has 0 radical (unpaired) electrons. The molecule has 0 aliphatic rings. The molecule has 0 fully saturated rings. The van der Waals surface area contributed by atoms with Crippen LogP contribution in [0.2, 0.25) is 0 Å². The average molecular weight is 216 g/mol. The van der Waals surface area contributed by atoms with Gasteiger partial charge in [-0.15, -0.1) is 0 Å². The lowest BCUT2D eigenvalue weighted by Crippen LogP contribution is -2.06. The molecule has 0 aromatic carbocycles. The van der Waals surface area contributed by atoms with E-state index in [4.69, 9.17) is 5.11 Å². The lowest BCUT2D eigenvalue weighted by Gasteiger charge is -2.10. The Morgan fingerprint density at radius 2 is 1.33 bits per heavy atom. The van der Waals surface area contributed by atoms with Gasteiger partial charge in [-0.05, 0) is 26.2 Å². The maximum Gasteiger partial charge on any atom is 0.0540 e. The van der Waals surface area contributed by atoms with E-state index in [-0.39, 0.29) is 12.2 Å². The molecular formula is C13H28O2. The molecule has 2 unspecified atom stereocenters. The van der Waals surface area contributed by atoms with E-state index in [0.29, 0.717) is 0 Å². The summed E-state index contributed by atoms with van der Waals surface area (Å²) in [4.78, 5) is 0. The molecule has 0 saturated carbocycles. The zero-order valence-electron chi connectivity index (χ0n) is 10.4. The maximum atomic E-state index is 9.63. The van der Waals surface area contributed by atoms with Gasteiger partial charge in [0.2, 0.25) is 0 Å². The number of aliphatic hydroxyl groups excluding tert-OH is 2. The van der Waals surface area contributed by atoms with Crippen molar-refractivity contribution in [3.8, 4) is 0 Å². The lowest BCUT2D eigenvalue weighted by molar-refractivity contribution is 0.145. The van der Waals surface area contributed by atoms with Crippen molar-refractivity contribution < 1.29 is 10.2 Å². The molecule has 0 aliphatic carbocycles. The third-order valence-electron chi connectivity index (χ3n) is 2.80. The van der Waals surface area contributed by atoms with Crippen LogP contribution in [0.3, 0.4) is 0 Å². The maximum absolute atomic E-state index is 9.63. The largest absolute Gasteiger partial charge is 0.393 e. The van der Waals surface area contributed by atoms with Crippen LogP contribution in [-0.2, 0) is 0 Å². The van der Waals surface area contributed by atoms with Crippen molar-refractivity contribution in [2.24, 2.45) is 0 Å². The summed E-state index contributed by atoms with van der Waals surface area (Å²) in [6.45, 7) is 4.02. The molecule has 2 atom stereocenters. The van der Waals surface area contributed by atoms with Gasteiger partial charge >= 0.3 is 0 Å². The first-order valence-electron chi connectivity index (χ1n) is 6.53. The van der Waals surface area contributed by atoms with Gasteiger partial charge in [-0.1, -0.05) is 45.4 Å². The van der Waals surface area contributed by atoms with Crippen LogP contribution in [-0.4, -0.2) is 22.4 Å². The van der Waals surface area contributed by atoms with E-state index >= 15 is 0 Å². The molecular weight excluding hydrogens is 188 g/mol. The molecule has 0 aromatic heterocycles. The summed E-state index contributed by atoms with van der Waals surface area (Å²) in [5.41, 5.74) is 0. The fourth-order valence-electron chi connectivity index (χ4n) is 1.77. The van der Waals surface area contributed by atoms with E-state index in [1.54, 1.807) is 0 Å². The normalized spacial score (nSPS) is 15.2. The monoisotopic (exact) mass is 216 g/mol. The molecule has 0 amide bonds. The second-order valence-corrected chi connectivity index (χ2v) is 4.64. The minimum Gasteiger partial charge on any atom is -0.393 e. The van der Waals surface area contributed by atoms with E-state index in [1.165, 1.54) is 12.8 Å². The van der Waals surface area contributed by atoms with Crippen molar-refractivity contribution in [2.75, 3.05) is 0 Å². The fourth-order valence-corrected chi connectivity index (χ4v) is 1.77. The van der Waals surface area contributed by atoms with Gasteiger partial charge in [-0.25, -0.2) is 0 Å². The van der Waals surface area contributed by atoms with E-state index in [0.717, 1.165) is 44.9 Å². The van der Waals surface area contributed by atoms with Crippen molar-refractivity contribution in [3.05, 3.63) is 0 Å². The number of hydrogen-bond acceptors (Lipinski definition) is 2. The Morgan fingerprint density at radius 1 is 0.800 bits per heavy atom. The highest BCUT2D eigenvalue weighted by atomic mass is 16.3. The molecule has 2 heteroatoms. The number of hydrogen-bond donors (Lipinski definition) is 2. The highest BCUT2D eigenvalue weighted by Gasteiger charge is 2.03. The molecule has 0 saturated heterocycles. The van der Waals surface area contributed by atoms with Gasteiger partial charge < -0.3 is 10.2 Å². The predicted molar refractivity (Wildman–Crippen MR) is 64.9 cm³/mol. The van der Waals surface area contributed by atoms with E-state index in [9.17, 15) is 5.11 Å². The van der Waals surface area contributed by atoms with Gasteiger partial charge in [0, 0.05) is 0 Å². The smallest absolute Gasteiger partial charge is 0.0540 e. The molecule has 92 valence electrons. The van der Waals surface area contributed by atoms with E-state index in [1.807, 2.05) is 6.92 Å². The number of unbranched alkanes of at least 4 members (excludes halogenated alkanes) is 4. The van der Waals surface area contributed by atoms with Gasteiger partial charge in [0.25, 0.3) is 0 Å². The van der Waals surface area contributed by atoms with Crippen molar-refractivity contribution in [1.82, 2.24) is 0 Å². The Balaban J connectivity index is 3.13. The first kappa shape index (κ1) is 14.9. The van der Waals surface area contributed by atoms with Gasteiger partial charge in [-0.3, -0.25) is 0 Å². The lowest BCUT2D eigenvalue weighted by atomic mass is 10.0. The SMILES string of the molecule is CCCCCC(O)CCCCCC(C)O. The van der Waals surface area contributed by atoms with Crippen LogP contribution in [0.15, 0.2) is 0 Å². The zero-order valence-corrected chi connectivity index (χ0v) is 10.4. The highest BCUT2D eigenvalue weighted by molar-refractivity contribution is 4.57. The van der Waals surface area contributed by atoms with Crippen LogP contribution in [0.5, 0.6) is 0 Å². The van der Waals surface area contributed by atoms with Crippen LogP contribution in [0.1, 0.15) is 71.6 Å². The van der Waals surface area contributed by atoms with Crippen LogP contribution >= 0.6 is 0 Å². The molecule has 15 heavy (non-hydrogen) atoms. The van der Waals surface area contributed by atoms with Crippen LogP contribution in [0.4, 0.5) is 0 Å². The zero-order chi connectivity index (χ0) is 11.5. The van der Waals surface area contributed by atoms with Gasteiger partial charge in [0.1, 0.15) is 0 Å². The number of aliphatic hydroxyl groups is 2. The summed E-state index contributed by atoms with van der Waals surface area (Å²) in [6, 6.07) is 0.